The summed E-state index contributed by atoms with van der Waals surface area (Å²) in [7, 11) is 0. The number of carbonyl (C=O) groups is 2. The van der Waals surface area contributed by atoms with Gasteiger partial charge in [0.1, 0.15) is 5.75 Å². The SMILES string of the molecule is Cc1ccc([N+](=O)[O-])cc1NC(=O)CN1C[C@H](C(=O)N2CCOCC2)Oc2ccccc21. The third-order valence-electron chi connectivity index (χ3n) is 5.50. The predicted molar refractivity (Wildman–Crippen MR) is 117 cm³/mol. The Morgan fingerprint density at radius 3 is 2.69 bits per heavy atom. The fraction of sp³-hybridized carbons (Fsp3) is 0.364. The van der Waals surface area contributed by atoms with Gasteiger partial charge in [-0.2, -0.15) is 0 Å². The van der Waals surface area contributed by atoms with E-state index in [1.807, 2.05) is 18.2 Å². The highest BCUT2D eigenvalue weighted by molar-refractivity contribution is 5.95. The smallest absolute Gasteiger partial charge is 0.271 e. The van der Waals surface area contributed by atoms with Gasteiger partial charge in [0.15, 0.2) is 6.10 Å². The van der Waals surface area contributed by atoms with Gasteiger partial charge >= 0.3 is 0 Å². The number of non-ortho nitro benzene ring substituents is 1. The first kappa shape index (κ1) is 21.6. The molecule has 1 atom stereocenters. The van der Waals surface area contributed by atoms with Crippen molar-refractivity contribution in [1.29, 1.82) is 0 Å². The van der Waals surface area contributed by atoms with Crippen LogP contribution in [0, 0.1) is 17.0 Å². The lowest BCUT2D eigenvalue weighted by Crippen LogP contribution is -2.53. The highest BCUT2D eigenvalue weighted by Gasteiger charge is 2.34. The van der Waals surface area contributed by atoms with Crippen LogP contribution >= 0.6 is 0 Å². The van der Waals surface area contributed by atoms with Crippen LogP contribution in [0.4, 0.5) is 17.1 Å². The molecule has 0 saturated carbocycles. The van der Waals surface area contributed by atoms with Crippen molar-refractivity contribution in [3.05, 3.63) is 58.1 Å². The van der Waals surface area contributed by atoms with E-state index in [1.54, 1.807) is 28.9 Å². The molecule has 0 spiro atoms. The first-order chi connectivity index (χ1) is 15.4. The number of rotatable bonds is 5. The maximum Gasteiger partial charge on any atom is 0.271 e. The third-order valence-corrected chi connectivity index (χ3v) is 5.50. The molecular formula is C22H24N4O6. The summed E-state index contributed by atoms with van der Waals surface area (Å²) in [6.07, 6.45) is -0.740. The Morgan fingerprint density at radius 1 is 1.19 bits per heavy atom. The molecule has 2 heterocycles. The minimum absolute atomic E-state index is 0.0323. The molecule has 2 aromatic carbocycles. The lowest BCUT2D eigenvalue weighted by Gasteiger charge is -2.38. The largest absolute Gasteiger partial charge is 0.477 e. The normalized spacial score (nSPS) is 17.8. The third kappa shape index (κ3) is 4.65. The fourth-order valence-electron chi connectivity index (χ4n) is 3.79. The summed E-state index contributed by atoms with van der Waals surface area (Å²) in [5, 5.41) is 13.8. The maximum absolute atomic E-state index is 13.0. The Morgan fingerprint density at radius 2 is 1.94 bits per heavy atom. The lowest BCUT2D eigenvalue weighted by atomic mass is 10.1. The number of amides is 2. The van der Waals surface area contributed by atoms with Crippen molar-refractivity contribution in [2.75, 3.05) is 49.6 Å². The average molecular weight is 440 g/mol. The zero-order valence-corrected chi connectivity index (χ0v) is 17.7. The lowest BCUT2D eigenvalue weighted by molar-refractivity contribution is -0.384. The van der Waals surface area contributed by atoms with Crippen LogP contribution in [0.2, 0.25) is 0 Å². The molecule has 10 nitrogen and oxygen atoms in total. The number of anilines is 2. The van der Waals surface area contributed by atoms with Crippen LogP contribution in [0.15, 0.2) is 42.5 Å². The summed E-state index contributed by atoms with van der Waals surface area (Å²) in [5.41, 5.74) is 1.71. The van der Waals surface area contributed by atoms with Gasteiger partial charge < -0.3 is 24.6 Å². The Bertz CT molecular complexity index is 1040. The summed E-state index contributed by atoms with van der Waals surface area (Å²) in [6.45, 7) is 3.94. The number of hydrogen-bond acceptors (Lipinski definition) is 7. The number of nitrogens with zero attached hydrogens (tertiary/aromatic N) is 3. The number of benzene rings is 2. The summed E-state index contributed by atoms with van der Waals surface area (Å²) in [5.74, 6) is 0.0512. The van der Waals surface area contributed by atoms with Crippen LogP contribution in [-0.4, -0.2) is 67.1 Å². The fourth-order valence-corrected chi connectivity index (χ4v) is 3.79. The number of aryl methyl sites for hydroxylation is 1. The second-order valence-corrected chi connectivity index (χ2v) is 7.70. The van der Waals surface area contributed by atoms with Crippen molar-refractivity contribution in [1.82, 2.24) is 4.90 Å². The predicted octanol–water partition coefficient (Wildman–Crippen LogP) is 1.97. The molecule has 2 aliphatic heterocycles. The summed E-state index contributed by atoms with van der Waals surface area (Å²) in [4.78, 5) is 39.9. The Kier molecular flexibility index (Phi) is 6.22. The molecule has 2 amide bonds. The van der Waals surface area contributed by atoms with E-state index in [-0.39, 0.29) is 30.6 Å². The van der Waals surface area contributed by atoms with Crippen molar-refractivity contribution in [3.8, 4) is 5.75 Å². The molecule has 0 bridgehead atoms. The number of para-hydroxylation sites is 2. The molecule has 32 heavy (non-hydrogen) atoms. The molecule has 168 valence electrons. The van der Waals surface area contributed by atoms with Crippen LogP contribution in [-0.2, 0) is 14.3 Å². The number of carbonyl (C=O) groups excluding carboxylic acids is 2. The number of fused-ring (bicyclic) bond motifs is 1. The van der Waals surface area contributed by atoms with Gasteiger partial charge in [0.05, 0.1) is 42.6 Å². The van der Waals surface area contributed by atoms with E-state index >= 15 is 0 Å². The van der Waals surface area contributed by atoms with E-state index in [2.05, 4.69) is 5.32 Å². The summed E-state index contributed by atoms with van der Waals surface area (Å²) >= 11 is 0. The van der Waals surface area contributed by atoms with E-state index in [4.69, 9.17) is 9.47 Å². The molecule has 1 fully saturated rings. The van der Waals surface area contributed by atoms with Gasteiger partial charge in [-0.15, -0.1) is 0 Å². The van der Waals surface area contributed by atoms with Crippen molar-refractivity contribution in [2.45, 2.75) is 13.0 Å². The first-order valence-electron chi connectivity index (χ1n) is 10.3. The molecule has 2 aliphatic rings. The number of morpholine rings is 1. The molecule has 0 aromatic heterocycles. The van der Waals surface area contributed by atoms with E-state index < -0.39 is 11.0 Å². The van der Waals surface area contributed by atoms with Crippen LogP contribution < -0.4 is 15.0 Å². The quantitative estimate of drug-likeness (QED) is 0.558. The second-order valence-electron chi connectivity index (χ2n) is 7.70. The molecule has 0 unspecified atom stereocenters. The molecule has 2 aromatic rings. The molecule has 1 saturated heterocycles. The highest BCUT2D eigenvalue weighted by Crippen LogP contribution is 2.33. The highest BCUT2D eigenvalue weighted by atomic mass is 16.6. The molecule has 0 aliphatic carbocycles. The molecule has 1 N–H and O–H groups in total. The number of hydrogen-bond donors (Lipinski definition) is 1. The van der Waals surface area contributed by atoms with Crippen LogP contribution in [0.5, 0.6) is 5.75 Å². The van der Waals surface area contributed by atoms with Gasteiger partial charge in [0.2, 0.25) is 5.91 Å². The van der Waals surface area contributed by atoms with Crippen LogP contribution in [0.25, 0.3) is 0 Å². The standard InChI is InChI=1S/C22H24N4O6/c1-15-6-7-16(26(29)30)12-17(15)23-21(27)14-25-13-20(22(28)24-8-10-31-11-9-24)32-19-5-3-2-4-18(19)25/h2-7,12,20H,8-11,13-14H2,1H3,(H,23,27)/t20-/m1/s1. The van der Waals surface area contributed by atoms with Gasteiger partial charge in [-0.1, -0.05) is 18.2 Å². The van der Waals surface area contributed by atoms with Crippen molar-refractivity contribution in [2.24, 2.45) is 0 Å². The van der Waals surface area contributed by atoms with Gasteiger partial charge in [-0.3, -0.25) is 19.7 Å². The van der Waals surface area contributed by atoms with Gasteiger partial charge in [-0.05, 0) is 24.6 Å². The van der Waals surface area contributed by atoms with E-state index in [0.29, 0.717) is 49.0 Å². The second kappa shape index (κ2) is 9.23. The minimum Gasteiger partial charge on any atom is -0.477 e. The van der Waals surface area contributed by atoms with Crippen LogP contribution in [0.1, 0.15) is 5.56 Å². The van der Waals surface area contributed by atoms with Gasteiger partial charge in [0, 0.05) is 25.2 Å². The van der Waals surface area contributed by atoms with E-state index in [0.717, 1.165) is 0 Å². The molecule has 4 rings (SSSR count). The average Bonchev–Trinajstić information content (AvgIpc) is 2.80. The van der Waals surface area contributed by atoms with Crippen molar-refractivity contribution >= 4 is 28.9 Å². The summed E-state index contributed by atoms with van der Waals surface area (Å²) in [6, 6.07) is 11.6. The molecule has 10 heteroatoms. The topological polar surface area (TPSA) is 114 Å². The number of nitrogens with one attached hydrogen (secondary N) is 1. The Balaban J connectivity index is 1.50. The summed E-state index contributed by atoms with van der Waals surface area (Å²) < 4.78 is 11.3. The van der Waals surface area contributed by atoms with Gasteiger partial charge in [0.25, 0.3) is 11.6 Å². The van der Waals surface area contributed by atoms with Gasteiger partial charge in [-0.25, -0.2) is 0 Å². The van der Waals surface area contributed by atoms with E-state index in [9.17, 15) is 19.7 Å². The Labute approximate surface area is 184 Å². The van der Waals surface area contributed by atoms with E-state index in [1.165, 1.54) is 12.1 Å². The minimum atomic E-state index is -0.740. The van der Waals surface area contributed by atoms with Crippen molar-refractivity contribution in [3.63, 3.8) is 0 Å². The number of ether oxygens (including phenoxy) is 2. The zero-order chi connectivity index (χ0) is 22.7. The van der Waals surface area contributed by atoms with Crippen molar-refractivity contribution < 1.29 is 24.0 Å². The maximum atomic E-state index is 13.0. The number of nitro groups is 1. The molecular weight excluding hydrogens is 416 g/mol. The zero-order valence-electron chi connectivity index (χ0n) is 17.7. The number of nitro benzene ring substituents is 1. The van der Waals surface area contributed by atoms with Crippen LogP contribution in [0.3, 0.4) is 0 Å². The molecule has 0 radical (unpaired) electrons. The first-order valence-corrected chi connectivity index (χ1v) is 10.3. The Hall–Kier alpha value is -3.66. The monoisotopic (exact) mass is 440 g/mol.